The number of aliphatic hydroxyl groups excluding tert-OH is 1. The Kier molecular flexibility index (Phi) is 6.11. The lowest BCUT2D eigenvalue weighted by Crippen LogP contribution is -2.24. The van der Waals surface area contributed by atoms with Gasteiger partial charge in [0, 0.05) is 23.6 Å². The summed E-state index contributed by atoms with van der Waals surface area (Å²) in [5.41, 5.74) is -0.170. The Bertz CT molecular complexity index is 827. The molecule has 138 valence electrons. The van der Waals surface area contributed by atoms with E-state index in [9.17, 15) is 13.2 Å². The molecule has 0 saturated carbocycles. The molecule has 0 fully saturated rings. The van der Waals surface area contributed by atoms with Crippen molar-refractivity contribution in [3.63, 3.8) is 0 Å². The van der Waals surface area contributed by atoms with Gasteiger partial charge in [-0.25, -0.2) is 9.97 Å². The second-order valence-corrected chi connectivity index (χ2v) is 5.46. The van der Waals surface area contributed by atoms with E-state index in [4.69, 9.17) is 22.1 Å². The number of hydrogen-bond donors (Lipinski definition) is 3. The minimum absolute atomic E-state index is 0.0370. The van der Waals surface area contributed by atoms with Gasteiger partial charge < -0.3 is 20.5 Å². The highest BCUT2D eigenvalue weighted by Crippen LogP contribution is 2.34. The zero-order valence-electron chi connectivity index (χ0n) is 13.6. The fourth-order valence-corrected chi connectivity index (χ4v) is 2.15. The number of methoxy groups -OCH3 is 1. The van der Waals surface area contributed by atoms with Crippen LogP contribution in [0.25, 0.3) is 0 Å². The van der Waals surface area contributed by atoms with Crippen LogP contribution in [-0.4, -0.2) is 33.8 Å². The van der Waals surface area contributed by atoms with Gasteiger partial charge in [-0.15, -0.1) is 0 Å². The number of rotatable bonds is 6. The number of anilines is 2. The first kappa shape index (κ1) is 19.6. The minimum Gasteiger partial charge on any atom is -0.497 e. The molecule has 26 heavy (non-hydrogen) atoms. The molecule has 10 heteroatoms. The van der Waals surface area contributed by atoms with Crippen LogP contribution in [0.5, 0.6) is 5.75 Å². The van der Waals surface area contributed by atoms with Gasteiger partial charge in [0.15, 0.2) is 0 Å². The molecule has 1 heterocycles. The Balaban J connectivity index is 2.27. The third kappa shape index (κ3) is 5.14. The van der Waals surface area contributed by atoms with Crippen LogP contribution in [0.15, 0.2) is 42.7 Å². The molecule has 1 aromatic carbocycles. The molecule has 0 bridgehead atoms. The molecule has 0 radical (unpaired) electrons. The van der Waals surface area contributed by atoms with Crippen LogP contribution in [0.1, 0.15) is 11.3 Å². The maximum atomic E-state index is 13.0. The Morgan fingerprint density at radius 3 is 2.69 bits per heavy atom. The number of nitrogens with zero attached hydrogens (tertiary/aromatic N) is 2. The van der Waals surface area contributed by atoms with Gasteiger partial charge >= 0.3 is 6.18 Å². The van der Waals surface area contributed by atoms with E-state index in [0.29, 0.717) is 5.69 Å². The third-order valence-corrected chi connectivity index (χ3v) is 3.41. The standard InChI is InChI=1S/C16H15F3N4O2S/c1-9(8-24)21-14(26)13-3-4-20-15(23-13)22-11-5-10(16(17,18)19)6-12(7-11)25-2/h3-7,24H,1,8H2,2H3,(H,21,26)(H,20,22,23). The van der Waals surface area contributed by atoms with Gasteiger partial charge in [0.2, 0.25) is 5.95 Å². The highest BCUT2D eigenvalue weighted by molar-refractivity contribution is 7.80. The van der Waals surface area contributed by atoms with Crippen LogP contribution in [0.2, 0.25) is 0 Å². The first-order chi connectivity index (χ1) is 12.2. The summed E-state index contributed by atoms with van der Waals surface area (Å²) in [5, 5.41) is 14.3. The molecule has 0 amide bonds. The molecule has 0 aliphatic heterocycles. The summed E-state index contributed by atoms with van der Waals surface area (Å²) < 4.78 is 43.8. The van der Waals surface area contributed by atoms with Gasteiger partial charge in [-0.2, -0.15) is 13.2 Å². The second-order valence-electron chi connectivity index (χ2n) is 5.05. The SMILES string of the molecule is C=C(CO)NC(=S)c1ccnc(Nc2cc(OC)cc(C(F)(F)F)c2)n1. The van der Waals surface area contributed by atoms with E-state index in [0.717, 1.165) is 12.1 Å². The van der Waals surface area contributed by atoms with Crippen molar-refractivity contribution in [2.45, 2.75) is 6.18 Å². The Morgan fingerprint density at radius 1 is 1.35 bits per heavy atom. The van der Waals surface area contributed by atoms with Crippen LogP contribution in [-0.2, 0) is 6.18 Å². The summed E-state index contributed by atoms with van der Waals surface area (Å²) >= 11 is 5.13. The largest absolute Gasteiger partial charge is 0.497 e. The van der Waals surface area contributed by atoms with Gasteiger partial charge in [0.05, 0.1) is 19.3 Å². The average Bonchev–Trinajstić information content (AvgIpc) is 2.60. The molecule has 0 saturated heterocycles. The van der Waals surface area contributed by atoms with Crippen molar-refractivity contribution in [3.8, 4) is 5.75 Å². The van der Waals surface area contributed by atoms with Crippen molar-refractivity contribution < 1.29 is 23.0 Å². The lowest BCUT2D eigenvalue weighted by molar-refractivity contribution is -0.137. The van der Waals surface area contributed by atoms with E-state index in [1.54, 1.807) is 0 Å². The maximum absolute atomic E-state index is 13.0. The predicted molar refractivity (Wildman–Crippen MR) is 94.4 cm³/mol. The molecule has 2 aromatic rings. The number of alkyl halides is 3. The van der Waals surface area contributed by atoms with Crippen LogP contribution in [0.4, 0.5) is 24.8 Å². The molecule has 0 aliphatic carbocycles. The average molecular weight is 384 g/mol. The van der Waals surface area contributed by atoms with E-state index in [1.165, 1.54) is 25.4 Å². The summed E-state index contributed by atoms with van der Waals surface area (Å²) in [6.45, 7) is 3.25. The summed E-state index contributed by atoms with van der Waals surface area (Å²) in [6, 6.07) is 4.71. The summed E-state index contributed by atoms with van der Waals surface area (Å²) in [4.78, 5) is 8.28. The normalized spacial score (nSPS) is 11.0. The lowest BCUT2D eigenvalue weighted by Gasteiger charge is -2.13. The van der Waals surface area contributed by atoms with Gasteiger partial charge in [-0.1, -0.05) is 18.8 Å². The number of halogens is 3. The van der Waals surface area contributed by atoms with Crippen molar-refractivity contribution >= 4 is 28.8 Å². The summed E-state index contributed by atoms with van der Waals surface area (Å²) in [7, 11) is 1.27. The Morgan fingerprint density at radius 2 is 2.08 bits per heavy atom. The number of aromatic nitrogens is 2. The summed E-state index contributed by atoms with van der Waals surface area (Å²) in [6.07, 6.45) is -3.13. The topological polar surface area (TPSA) is 79.3 Å². The Labute approximate surface area is 152 Å². The molecule has 0 spiro atoms. The van der Waals surface area contributed by atoms with Gasteiger partial charge in [-0.05, 0) is 18.2 Å². The minimum atomic E-state index is -4.52. The van der Waals surface area contributed by atoms with Gasteiger partial charge in [0.25, 0.3) is 0 Å². The molecule has 6 nitrogen and oxygen atoms in total. The number of thiocarbonyl (C=S) groups is 1. The van der Waals surface area contributed by atoms with E-state index in [-0.39, 0.29) is 34.7 Å². The van der Waals surface area contributed by atoms with E-state index in [1.807, 2.05) is 0 Å². The molecule has 2 rings (SSSR count). The van der Waals surface area contributed by atoms with Crippen molar-refractivity contribution in [1.29, 1.82) is 0 Å². The molecule has 0 aliphatic rings. The van der Waals surface area contributed by atoms with Crippen molar-refractivity contribution in [2.75, 3.05) is 19.0 Å². The van der Waals surface area contributed by atoms with Gasteiger partial charge in [-0.3, -0.25) is 0 Å². The monoisotopic (exact) mass is 384 g/mol. The summed E-state index contributed by atoms with van der Waals surface area (Å²) in [5.74, 6) is 0.0811. The lowest BCUT2D eigenvalue weighted by atomic mass is 10.2. The zero-order valence-corrected chi connectivity index (χ0v) is 14.4. The maximum Gasteiger partial charge on any atom is 0.416 e. The third-order valence-electron chi connectivity index (χ3n) is 3.10. The second kappa shape index (κ2) is 8.11. The van der Waals surface area contributed by atoms with Crippen molar-refractivity contribution in [1.82, 2.24) is 15.3 Å². The molecule has 0 unspecified atom stereocenters. The number of hydrogen-bond acceptors (Lipinski definition) is 6. The predicted octanol–water partition coefficient (Wildman–Crippen LogP) is 3.02. The van der Waals surface area contributed by atoms with Crippen molar-refractivity contribution in [2.24, 2.45) is 0 Å². The van der Waals surface area contributed by atoms with Crippen LogP contribution < -0.4 is 15.4 Å². The van der Waals surface area contributed by atoms with Crippen LogP contribution in [0, 0.1) is 0 Å². The number of nitrogens with one attached hydrogen (secondary N) is 2. The molecular weight excluding hydrogens is 369 g/mol. The van der Waals surface area contributed by atoms with Crippen LogP contribution >= 0.6 is 12.2 Å². The first-order valence-electron chi connectivity index (χ1n) is 7.19. The quantitative estimate of drug-likeness (QED) is 0.661. The van der Waals surface area contributed by atoms with E-state index >= 15 is 0 Å². The molecule has 3 N–H and O–H groups in total. The number of aliphatic hydroxyl groups is 1. The fourth-order valence-electron chi connectivity index (χ4n) is 1.89. The smallest absolute Gasteiger partial charge is 0.416 e. The molecule has 0 atom stereocenters. The van der Waals surface area contributed by atoms with Crippen molar-refractivity contribution in [3.05, 3.63) is 54.0 Å². The Hall–Kier alpha value is -2.72. The molecule has 1 aromatic heterocycles. The number of benzene rings is 1. The fraction of sp³-hybridized carbons (Fsp3) is 0.188. The highest BCUT2D eigenvalue weighted by atomic mass is 32.1. The van der Waals surface area contributed by atoms with E-state index in [2.05, 4.69) is 27.2 Å². The van der Waals surface area contributed by atoms with Gasteiger partial charge in [0.1, 0.15) is 16.4 Å². The molecular formula is C16H15F3N4O2S. The first-order valence-corrected chi connectivity index (χ1v) is 7.60. The zero-order chi connectivity index (χ0) is 19.3. The highest BCUT2D eigenvalue weighted by Gasteiger charge is 2.31. The number of ether oxygens (including phenoxy) is 1. The van der Waals surface area contributed by atoms with Crippen LogP contribution in [0.3, 0.4) is 0 Å². The van der Waals surface area contributed by atoms with E-state index < -0.39 is 11.7 Å².